The zero-order valence-corrected chi connectivity index (χ0v) is 11.6. The number of fused-ring (bicyclic) bond motifs is 1. The molecule has 10 heteroatoms. The summed E-state index contributed by atoms with van der Waals surface area (Å²) in [5, 5.41) is -3.87. The molecule has 0 aliphatic carbocycles. The minimum Gasteiger partial charge on any atom is -0.497 e. The van der Waals surface area contributed by atoms with Crippen LogP contribution in [0.5, 0.6) is 5.75 Å². The Morgan fingerprint density at radius 1 is 1.33 bits per heavy atom. The van der Waals surface area contributed by atoms with E-state index in [1.807, 2.05) is 0 Å². The summed E-state index contributed by atoms with van der Waals surface area (Å²) in [7, 11) is -4.42. The third kappa shape index (κ3) is 2.32. The summed E-state index contributed by atoms with van der Waals surface area (Å²) in [5.41, 5.74) is 4.64. The summed E-state index contributed by atoms with van der Waals surface area (Å²) in [4.78, 5) is 20.8. The molecule has 0 saturated heterocycles. The molecule has 0 radical (unpaired) electrons. The summed E-state index contributed by atoms with van der Waals surface area (Å²) in [6, 6.07) is 4.14. The standard InChI is InChI=1S/C11H12F3N2O4P/c1-20-6-2-3-9-7(4-6)8(5-16-9)10(15,11(12,13)14)21(17,18)19/h2-5,16H,15H2,1H3,(H2,17,18,19). The van der Waals surface area contributed by atoms with Gasteiger partial charge < -0.3 is 25.2 Å². The van der Waals surface area contributed by atoms with Crippen molar-refractivity contribution in [2.45, 2.75) is 11.5 Å². The van der Waals surface area contributed by atoms with Gasteiger partial charge >= 0.3 is 13.8 Å². The van der Waals surface area contributed by atoms with Crippen molar-refractivity contribution in [3.63, 3.8) is 0 Å². The molecule has 1 aromatic carbocycles. The van der Waals surface area contributed by atoms with Crippen LogP contribution in [0.4, 0.5) is 13.2 Å². The third-order valence-corrected chi connectivity index (χ3v) is 4.60. The number of hydrogen-bond donors (Lipinski definition) is 4. The predicted molar refractivity (Wildman–Crippen MR) is 68.8 cm³/mol. The summed E-state index contributed by atoms with van der Waals surface area (Å²) in [6.07, 6.45) is -4.50. The molecular formula is C11H12F3N2O4P. The van der Waals surface area contributed by atoms with Crippen LogP contribution in [-0.2, 0) is 9.85 Å². The quantitative estimate of drug-likeness (QED) is 0.646. The van der Waals surface area contributed by atoms with Crippen molar-refractivity contribution >= 4 is 18.5 Å². The van der Waals surface area contributed by atoms with Gasteiger partial charge in [-0.05, 0) is 18.2 Å². The number of aromatic amines is 1. The monoisotopic (exact) mass is 324 g/mol. The van der Waals surface area contributed by atoms with E-state index in [9.17, 15) is 17.7 Å². The Labute approximate surface area is 116 Å². The van der Waals surface area contributed by atoms with Gasteiger partial charge in [0, 0.05) is 22.7 Å². The van der Waals surface area contributed by atoms with Crippen molar-refractivity contribution in [3.8, 4) is 5.75 Å². The summed E-state index contributed by atoms with van der Waals surface area (Å²) in [5.74, 6) is 0.235. The number of rotatable bonds is 3. The minimum absolute atomic E-state index is 0.0718. The molecule has 0 bridgehead atoms. The lowest BCUT2D eigenvalue weighted by atomic mass is 10.1. The van der Waals surface area contributed by atoms with Gasteiger partial charge in [0.15, 0.2) is 0 Å². The van der Waals surface area contributed by atoms with E-state index >= 15 is 0 Å². The Hall–Kier alpha value is -1.54. The topological polar surface area (TPSA) is 109 Å². The predicted octanol–water partition coefficient (Wildman–Crippen LogP) is 2.03. The van der Waals surface area contributed by atoms with E-state index < -0.39 is 24.6 Å². The van der Waals surface area contributed by atoms with Crippen LogP contribution < -0.4 is 10.5 Å². The number of nitrogens with one attached hydrogen (secondary N) is 1. The number of methoxy groups -OCH3 is 1. The fraction of sp³-hybridized carbons (Fsp3) is 0.273. The number of aromatic nitrogens is 1. The van der Waals surface area contributed by atoms with E-state index in [0.717, 1.165) is 6.20 Å². The van der Waals surface area contributed by atoms with Gasteiger partial charge in [-0.3, -0.25) is 4.57 Å². The van der Waals surface area contributed by atoms with E-state index in [0.29, 0.717) is 0 Å². The fourth-order valence-electron chi connectivity index (χ4n) is 2.02. The normalized spacial score (nSPS) is 16.0. The van der Waals surface area contributed by atoms with Crippen molar-refractivity contribution in [1.82, 2.24) is 4.98 Å². The second-order valence-corrected chi connectivity index (χ2v) is 6.22. The molecule has 116 valence electrons. The van der Waals surface area contributed by atoms with Crippen LogP contribution in [0.2, 0.25) is 0 Å². The number of benzene rings is 1. The van der Waals surface area contributed by atoms with Crippen LogP contribution in [-0.4, -0.2) is 28.1 Å². The van der Waals surface area contributed by atoms with Crippen LogP contribution in [0.15, 0.2) is 24.4 Å². The lowest BCUT2D eigenvalue weighted by molar-refractivity contribution is -0.168. The number of alkyl halides is 3. The molecule has 0 fully saturated rings. The molecule has 5 N–H and O–H groups in total. The molecule has 1 aromatic heterocycles. The van der Waals surface area contributed by atoms with Crippen molar-refractivity contribution in [2.75, 3.05) is 7.11 Å². The highest BCUT2D eigenvalue weighted by Crippen LogP contribution is 2.62. The second-order valence-electron chi connectivity index (χ2n) is 4.42. The second kappa shape index (κ2) is 4.74. The van der Waals surface area contributed by atoms with Gasteiger partial charge in [-0.1, -0.05) is 0 Å². The van der Waals surface area contributed by atoms with Gasteiger partial charge in [0.1, 0.15) is 5.75 Å². The number of ether oxygens (including phenoxy) is 1. The number of H-pyrrole nitrogens is 1. The highest BCUT2D eigenvalue weighted by atomic mass is 31.2. The van der Waals surface area contributed by atoms with Crippen molar-refractivity contribution in [3.05, 3.63) is 30.0 Å². The lowest BCUT2D eigenvalue weighted by Gasteiger charge is -2.31. The Balaban J connectivity index is 2.81. The molecule has 0 amide bonds. The van der Waals surface area contributed by atoms with E-state index in [4.69, 9.17) is 20.3 Å². The molecule has 0 aliphatic heterocycles. The van der Waals surface area contributed by atoms with E-state index in [-0.39, 0.29) is 16.7 Å². The zero-order chi connectivity index (χ0) is 16.1. The van der Waals surface area contributed by atoms with Crippen molar-refractivity contribution < 1.29 is 32.3 Å². The molecule has 2 rings (SSSR count). The summed E-state index contributed by atoms with van der Waals surface area (Å²) in [6.45, 7) is 0. The third-order valence-electron chi connectivity index (χ3n) is 3.19. The van der Waals surface area contributed by atoms with Gasteiger partial charge in [-0.15, -0.1) is 0 Å². The Morgan fingerprint density at radius 2 is 1.95 bits per heavy atom. The van der Waals surface area contributed by atoms with Gasteiger partial charge in [-0.2, -0.15) is 13.2 Å². The van der Waals surface area contributed by atoms with E-state index in [2.05, 4.69) is 4.98 Å². The molecule has 1 atom stereocenters. The molecule has 0 saturated carbocycles. The molecule has 21 heavy (non-hydrogen) atoms. The first kappa shape index (κ1) is 15.8. The highest BCUT2D eigenvalue weighted by Gasteiger charge is 2.65. The maximum absolute atomic E-state index is 13.2. The Bertz CT molecular complexity index is 724. The van der Waals surface area contributed by atoms with Crippen molar-refractivity contribution in [1.29, 1.82) is 0 Å². The Morgan fingerprint density at radius 3 is 2.43 bits per heavy atom. The van der Waals surface area contributed by atoms with Gasteiger partial charge in [-0.25, -0.2) is 0 Å². The van der Waals surface area contributed by atoms with E-state index in [1.54, 1.807) is 0 Å². The minimum atomic E-state index is -5.73. The largest absolute Gasteiger partial charge is 0.497 e. The molecular weight excluding hydrogens is 312 g/mol. The average Bonchev–Trinajstić information content (AvgIpc) is 2.77. The molecule has 6 nitrogen and oxygen atoms in total. The van der Waals surface area contributed by atoms with Crippen LogP contribution in [0.25, 0.3) is 10.9 Å². The van der Waals surface area contributed by atoms with Crippen LogP contribution in [0, 0.1) is 0 Å². The van der Waals surface area contributed by atoms with Crippen molar-refractivity contribution in [2.24, 2.45) is 5.73 Å². The summed E-state index contributed by atoms with van der Waals surface area (Å²) >= 11 is 0. The first-order valence-electron chi connectivity index (χ1n) is 5.59. The van der Waals surface area contributed by atoms with Gasteiger partial charge in [0.2, 0.25) is 5.28 Å². The highest BCUT2D eigenvalue weighted by molar-refractivity contribution is 7.53. The SMILES string of the molecule is COc1ccc2[nH]cc(C(N)(C(F)(F)F)P(=O)(O)O)c2c1. The van der Waals surface area contributed by atoms with E-state index in [1.165, 1.54) is 25.3 Å². The van der Waals surface area contributed by atoms with Crippen LogP contribution >= 0.6 is 7.60 Å². The van der Waals surface area contributed by atoms with Gasteiger partial charge in [0.25, 0.3) is 0 Å². The molecule has 2 aromatic rings. The van der Waals surface area contributed by atoms with Gasteiger partial charge in [0.05, 0.1) is 7.11 Å². The van der Waals surface area contributed by atoms with Crippen LogP contribution in [0.3, 0.4) is 0 Å². The number of nitrogens with two attached hydrogens (primary N) is 1. The maximum atomic E-state index is 13.2. The summed E-state index contributed by atoms with van der Waals surface area (Å²) < 4.78 is 55.9. The molecule has 0 aliphatic rings. The molecule has 0 spiro atoms. The smallest absolute Gasteiger partial charge is 0.422 e. The molecule has 1 unspecified atom stereocenters. The first-order valence-corrected chi connectivity index (χ1v) is 7.20. The molecule has 1 heterocycles. The number of hydrogen-bond acceptors (Lipinski definition) is 3. The average molecular weight is 324 g/mol. The Kier molecular flexibility index (Phi) is 3.57. The fourth-order valence-corrected chi connectivity index (χ4v) is 2.85. The number of halogens is 3. The lowest BCUT2D eigenvalue weighted by Crippen LogP contribution is -2.49. The maximum Gasteiger partial charge on any atom is 0.422 e. The van der Waals surface area contributed by atoms with Crippen LogP contribution in [0.1, 0.15) is 5.56 Å². The first-order chi connectivity index (χ1) is 9.52. The zero-order valence-electron chi connectivity index (χ0n) is 10.7.